The minimum absolute atomic E-state index is 0.0535. The lowest BCUT2D eigenvalue weighted by atomic mass is 9.84. The van der Waals surface area contributed by atoms with Crippen molar-refractivity contribution in [2.75, 3.05) is 0 Å². The first-order valence-corrected chi connectivity index (χ1v) is 19.3. The van der Waals surface area contributed by atoms with Gasteiger partial charge in [-0.2, -0.15) is 0 Å². The van der Waals surface area contributed by atoms with Gasteiger partial charge in [0.2, 0.25) is 29.4 Å². The van der Waals surface area contributed by atoms with Crippen LogP contribution in [0.25, 0.3) is 11.1 Å². The molecule has 1 aliphatic rings. The number of amides is 5. The Morgan fingerprint density at radius 3 is 1.70 bits per heavy atom. The van der Waals surface area contributed by atoms with Crippen LogP contribution in [0.4, 0.5) is 0 Å². The molecular formula is C45H51N5O6. The average molecular weight is 758 g/mol. The van der Waals surface area contributed by atoms with Crippen molar-refractivity contribution in [2.24, 2.45) is 11.7 Å². The van der Waals surface area contributed by atoms with Gasteiger partial charge in [0.05, 0.1) is 12.5 Å². The standard InChI is InChI=1S/C45H51N5O6/c1-30(47-43(54)38(27-31-14-6-2-7-15-31)48-40(51)29-33-18-10-4-11-19-33)41(52)45(56)50-39(28-32-16-8-3-9-17-32)44(55)49-37(42(46)53)26-34-22-24-36(25-23-34)35-20-12-5-13-21-35/h2,4-7,10-15,18-25,30,32,37-39H,3,8-9,16-17,26-29H2,1H3,(H2,46,53)(H,47,54)(H,48,51)(H,49,55)(H,50,56). The molecule has 11 nitrogen and oxygen atoms in total. The first-order chi connectivity index (χ1) is 27.0. The average Bonchev–Trinajstić information content (AvgIpc) is 3.21. The second-order valence-electron chi connectivity index (χ2n) is 14.6. The summed E-state index contributed by atoms with van der Waals surface area (Å²) in [6.45, 7) is 1.38. The zero-order chi connectivity index (χ0) is 39.9. The van der Waals surface area contributed by atoms with Crippen LogP contribution in [0, 0.1) is 5.92 Å². The number of benzene rings is 4. The van der Waals surface area contributed by atoms with Crippen molar-refractivity contribution in [3.8, 4) is 11.1 Å². The van der Waals surface area contributed by atoms with E-state index in [1.54, 1.807) is 0 Å². The lowest BCUT2D eigenvalue weighted by Crippen LogP contribution is -2.57. The van der Waals surface area contributed by atoms with Crippen LogP contribution in [0.5, 0.6) is 0 Å². The van der Waals surface area contributed by atoms with Crippen LogP contribution in [0.3, 0.4) is 0 Å². The Morgan fingerprint density at radius 1 is 0.571 bits per heavy atom. The molecule has 292 valence electrons. The summed E-state index contributed by atoms with van der Waals surface area (Å²) in [6.07, 6.45) is 5.41. The molecule has 5 amide bonds. The third-order valence-electron chi connectivity index (χ3n) is 10.2. The Morgan fingerprint density at radius 2 is 1.09 bits per heavy atom. The topological polar surface area (TPSA) is 177 Å². The summed E-state index contributed by atoms with van der Waals surface area (Å²) in [4.78, 5) is 79.9. The van der Waals surface area contributed by atoms with E-state index in [-0.39, 0.29) is 37.5 Å². The quantitative estimate of drug-likeness (QED) is 0.0943. The maximum atomic E-state index is 13.8. The summed E-state index contributed by atoms with van der Waals surface area (Å²) >= 11 is 0. The Labute approximate surface area is 328 Å². The number of hydrogen-bond acceptors (Lipinski definition) is 6. The highest BCUT2D eigenvalue weighted by Gasteiger charge is 2.33. The molecule has 0 heterocycles. The Balaban J connectivity index is 1.23. The zero-order valence-corrected chi connectivity index (χ0v) is 31.7. The van der Waals surface area contributed by atoms with Crippen LogP contribution in [-0.4, -0.2) is 59.5 Å². The van der Waals surface area contributed by atoms with Gasteiger partial charge in [-0.3, -0.25) is 28.8 Å². The number of ketones is 1. The van der Waals surface area contributed by atoms with E-state index in [1.807, 2.05) is 115 Å². The number of hydrogen-bond donors (Lipinski definition) is 5. The Hall–Kier alpha value is -6.10. The molecule has 56 heavy (non-hydrogen) atoms. The van der Waals surface area contributed by atoms with Crippen molar-refractivity contribution in [3.05, 3.63) is 132 Å². The maximum Gasteiger partial charge on any atom is 0.290 e. The number of carbonyl (C=O) groups excluding carboxylic acids is 6. The fourth-order valence-electron chi connectivity index (χ4n) is 7.07. The van der Waals surface area contributed by atoms with Gasteiger partial charge in [-0.1, -0.05) is 147 Å². The van der Waals surface area contributed by atoms with Gasteiger partial charge >= 0.3 is 0 Å². The summed E-state index contributed by atoms with van der Waals surface area (Å²) < 4.78 is 0. The molecule has 6 N–H and O–H groups in total. The zero-order valence-electron chi connectivity index (χ0n) is 31.7. The SMILES string of the molecule is CC(NC(=O)C(Cc1ccccc1)NC(=O)Cc1ccccc1)C(=O)C(=O)NC(CC1CCCCC1)C(=O)NC(Cc1ccc(-c2ccccc2)cc1)C(N)=O. The van der Waals surface area contributed by atoms with Crippen molar-refractivity contribution in [2.45, 2.75) is 88.9 Å². The maximum absolute atomic E-state index is 13.8. The molecule has 4 atom stereocenters. The molecule has 1 saturated carbocycles. The van der Waals surface area contributed by atoms with Crippen molar-refractivity contribution in [1.29, 1.82) is 0 Å². The molecule has 0 aromatic heterocycles. The predicted octanol–water partition coefficient (Wildman–Crippen LogP) is 4.37. The van der Waals surface area contributed by atoms with E-state index in [0.29, 0.717) is 0 Å². The largest absolute Gasteiger partial charge is 0.368 e. The van der Waals surface area contributed by atoms with Gasteiger partial charge in [0, 0.05) is 12.8 Å². The van der Waals surface area contributed by atoms with E-state index < -0.39 is 53.6 Å². The highest BCUT2D eigenvalue weighted by atomic mass is 16.2. The molecule has 0 radical (unpaired) electrons. The molecule has 0 saturated heterocycles. The third-order valence-corrected chi connectivity index (χ3v) is 10.2. The normalized spacial score (nSPS) is 14.9. The molecule has 1 aliphatic carbocycles. The number of nitrogens with two attached hydrogens (primary N) is 1. The molecule has 0 spiro atoms. The second kappa shape index (κ2) is 20.5. The number of rotatable bonds is 18. The van der Waals surface area contributed by atoms with Gasteiger partial charge in [0.15, 0.2) is 0 Å². The molecule has 0 aliphatic heterocycles. The first-order valence-electron chi connectivity index (χ1n) is 19.3. The summed E-state index contributed by atoms with van der Waals surface area (Å²) in [7, 11) is 0. The van der Waals surface area contributed by atoms with E-state index >= 15 is 0 Å². The van der Waals surface area contributed by atoms with Gasteiger partial charge in [-0.15, -0.1) is 0 Å². The smallest absolute Gasteiger partial charge is 0.290 e. The highest BCUT2D eigenvalue weighted by molar-refractivity contribution is 6.38. The van der Waals surface area contributed by atoms with Crippen LogP contribution in [0.2, 0.25) is 0 Å². The van der Waals surface area contributed by atoms with Crippen molar-refractivity contribution in [1.82, 2.24) is 21.3 Å². The van der Waals surface area contributed by atoms with Crippen LogP contribution in [0.1, 0.15) is 62.1 Å². The number of carbonyl (C=O) groups is 6. The summed E-state index contributed by atoms with van der Waals surface area (Å²) in [6, 6.07) is 31.2. The number of nitrogens with one attached hydrogen (secondary N) is 4. The Kier molecular flexibility index (Phi) is 15.1. The molecule has 5 rings (SSSR count). The van der Waals surface area contributed by atoms with Crippen molar-refractivity contribution in [3.63, 3.8) is 0 Å². The number of Topliss-reactive ketones (excluding diaryl/α,β-unsaturated/α-hetero) is 1. The van der Waals surface area contributed by atoms with E-state index in [4.69, 9.17) is 5.73 Å². The van der Waals surface area contributed by atoms with Crippen LogP contribution < -0.4 is 27.0 Å². The van der Waals surface area contributed by atoms with Gasteiger partial charge in [0.25, 0.3) is 5.91 Å². The molecule has 11 heteroatoms. The monoisotopic (exact) mass is 757 g/mol. The lowest BCUT2D eigenvalue weighted by Gasteiger charge is -2.28. The van der Waals surface area contributed by atoms with Crippen LogP contribution >= 0.6 is 0 Å². The van der Waals surface area contributed by atoms with E-state index in [0.717, 1.165) is 59.9 Å². The third kappa shape index (κ3) is 12.5. The summed E-state index contributed by atoms with van der Waals surface area (Å²) in [5.74, 6) is -4.25. The second-order valence-corrected chi connectivity index (χ2v) is 14.6. The number of primary amides is 1. The Bertz CT molecular complexity index is 1930. The lowest BCUT2D eigenvalue weighted by molar-refractivity contribution is -0.141. The van der Waals surface area contributed by atoms with Crippen LogP contribution in [-0.2, 0) is 48.0 Å². The van der Waals surface area contributed by atoms with Gasteiger partial charge in [-0.05, 0) is 47.1 Å². The van der Waals surface area contributed by atoms with Gasteiger partial charge < -0.3 is 27.0 Å². The fourth-order valence-corrected chi connectivity index (χ4v) is 7.07. The highest BCUT2D eigenvalue weighted by Crippen LogP contribution is 2.27. The molecule has 4 unspecified atom stereocenters. The van der Waals surface area contributed by atoms with E-state index in [9.17, 15) is 28.8 Å². The van der Waals surface area contributed by atoms with E-state index in [1.165, 1.54) is 6.92 Å². The van der Waals surface area contributed by atoms with Gasteiger partial charge in [0.1, 0.15) is 18.1 Å². The summed E-state index contributed by atoms with van der Waals surface area (Å²) in [5, 5.41) is 10.7. The van der Waals surface area contributed by atoms with Crippen molar-refractivity contribution >= 4 is 35.3 Å². The van der Waals surface area contributed by atoms with Gasteiger partial charge in [-0.25, -0.2) is 0 Å². The molecule has 1 fully saturated rings. The fraction of sp³-hybridized carbons (Fsp3) is 0.333. The first kappa shape index (κ1) is 41.1. The minimum Gasteiger partial charge on any atom is -0.368 e. The molecular weight excluding hydrogens is 707 g/mol. The van der Waals surface area contributed by atoms with Crippen molar-refractivity contribution < 1.29 is 28.8 Å². The molecule has 4 aromatic rings. The predicted molar refractivity (Wildman–Crippen MR) is 215 cm³/mol. The minimum atomic E-state index is -1.28. The van der Waals surface area contributed by atoms with E-state index in [2.05, 4.69) is 21.3 Å². The molecule has 4 aromatic carbocycles. The summed E-state index contributed by atoms with van der Waals surface area (Å²) in [5.41, 5.74) is 10.1. The van der Waals surface area contributed by atoms with Crippen LogP contribution in [0.15, 0.2) is 115 Å². The molecule has 0 bridgehead atoms.